The normalized spacial score (nSPS) is 12.2. The van der Waals surface area contributed by atoms with Crippen molar-refractivity contribution in [2.75, 3.05) is 0 Å². The highest BCUT2D eigenvalue weighted by Crippen LogP contribution is 2.38. The molecule has 0 aliphatic heterocycles. The molecule has 0 bridgehead atoms. The molecule has 0 fully saturated rings. The fourth-order valence-corrected chi connectivity index (χ4v) is 2.96. The minimum atomic E-state index is -4.67. The predicted molar refractivity (Wildman–Crippen MR) is 84.3 cm³/mol. The first kappa shape index (κ1) is 15.7. The second-order valence-corrected chi connectivity index (χ2v) is 6.95. The van der Waals surface area contributed by atoms with Gasteiger partial charge in [0.1, 0.15) is 0 Å². The maximum absolute atomic E-state index is 8.74. The van der Waals surface area contributed by atoms with Crippen molar-refractivity contribution in [1.82, 2.24) is 0 Å². The summed E-state index contributed by atoms with van der Waals surface area (Å²) in [7, 11) is -4.67. The Labute approximate surface area is 133 Å². The molecule has 0 atom stereocenters. The van der Waals surface area contributed by atoms with E-state index < -0.39 is 10.4 Å². The van der Waals surface area contributed by atoms with Crippen LogP contribution in [0.1, 0.15) is 11.1 Å². The van der Waals surface area contributed by atoms with Crippen molar-refractivity contribution in [3.05, 3.63) is 56.5 Å². The van der Waals surface area contributed by atoms with E-state index in [4.69, 9.17) is 17.5 Å². The summed E-state index contributed by atoms with van der Waals surface area (Å²) in [5.41, 5.74) is 5.58. The zero-order chi connectivity index (χ0) is 14.9. The third kappa shape index (κ3) is 4.13. The lowest BCUT2D eigenvalue weighted by atomic mass is 10.1. The number of halogens is 2. The van der Waals surface area contributed by atoms with Gasteiger partial charge in [-0.25, -0.2) is 0 Å². The molecule has 0 saturated carbocycles. The Hall–Kier alpha value is -0.730. The van der Waals surface area contributed by atoms with Gasteiger partial charge < -0.3 is 0 Å². The van der Waals surface area contributed by atoms with Crippen LogP contribution in [0, 0.1) is 0 Å². The van der Waals surface area contributed by atoms with E-state index in [9.17, 15) is 0 Å². The van der Waals surface area contributed by atoms with E-state index >= 15 is 0 Å². The van der Waals surface area contributed by atoms with E-state index in [-0.39, 0.29) is 0 Å². The van der Waals surface area contributed by atoms with Crippen molar-refractivity contribution in [2.24, 2.45) is 0 Å². The first-order chi connectivity index (χ1) is 9.24. The van der Waals surface area contributed by atoms with E-state index in [1.165, 1.54) is 22.3 Å². The number of rotatable bonds is 0. The van der Waals surface area contributed by atoms with Crippen LogP contribution in [0.4, 0.5) is 0 Å². The quantitative estimate of drug-likeness (QED) is 0.535. The molecule has 0 spiro atoms. The van der Waals surface area contributed by atoms with Crippen LogP contribution in [0.2, 0.25) is 0 Å². The molecule has 0 aromatic heterocycles. The van der Waals surface area contributed by atoms with Crippen LogP contribution in [0.3, 0.4) is 0 Å². The predicted octanol–water partition coefficient (Wildman–Crippen LogP) is 4.13. The van der Waals surface area contributed by atoms with Gasteiger partial charge in [0, 0.05) is 8.95 Å². The average molecular weight is 422 g/mol. The van der Waals surface area contributed by atoms with E-state index in [0.717, 1.165) is 15.4 Å². The minimum Gasteiger partial charge on any atom is -0.264 e. The van der Waals surface area contributed by atoms with Gasteiger partial charge in [-0.2, -0.15) is 8.42 Å². The third-order valence-electron chi connectivity index (χ3n) is 2.81. The fourth-order valence-electron chi connectivity index (χ4n) is 2.15. The number of hydrogen-bond acceptors (Lipinski definition) is 2. The molecule has 0 heterocycles. The van der Waals surface area contributed by atoms with Gasteiger partial charge in [-0.3, -0.25) is 9.11 Å². The zero-order valence-electron chi connectivity index (χ0n) is 10.0. The van der Waals surface area contributed by atoms with Crippen LogP contribution < -0.4 is 0 Å². The van der Waals surface area contributed by atoms with Crippen LogP contribution in [0.15, 0.2) is 45.3 Å². The highest BCUT2D eigenvalue weighted by atomic mass is 79.9. The lowest BCUT2D eigenvalue weighted by Crippen LogP contribution is -1.89. The average Bonchev–Trinajstić information content (AvgIpc) is 2.62. The lowest BCUT2D eigenvalue weighted by molar-refractivity contribution is 0.381. The molecule has 2 aromatic rings. The van der Waals surface area contributed by atoms with Gasteiger partial charge >= 0.3 is 10.4 Å². The zero-order valence-corrected chi connectivity index (χ0v) is 14.0. The van der Waals surface area contributed by atoms with Gasteiger partial charge in [-0.05, 0) is 52.9 Å². The molecule has 106 valence electrons. The summed E-state index contributed by atoms with van der Waals surface area (Å²) in [5, 5.41) is 0. The molecule has 4 nitrogen and oxygen atoms in total. The topological polar surface area (TPSA) is 74.6 Å². The summed E-state index contributed by atoms with van der Waals surface area (Å²) in [6, 6.07) is 13.0. The molecule has 0 radical (unpaired) electrons. The Kier molecular flexibility index (Phi) is 4.66. The molecule has 20 heavy (non-hydrogen) atoms. The van der Waals surface area contributed by atoms with Crippen LogP contribution in [-0.2, 0) is 16.8 Å². The minimum absolute atomic E-state index is 1.05. The van der Waals surface area contributed by atoms with Crippen LogP contribution >= 0.6 is 31.9 Å². The summed E-state index contributed by atoms with van der Waals surface area (Å²) in [4.78, 5) is 0. The van der Waals surface area contributed by atoms with Crippen molar-refractivity contribution in [1.29, 1.82) is 0 Å². The highest BCUT2D eigenvalue weighted by Gasteiger charge is 2.18. The molecule has 1 aliphatic rings. The molecule has 1 aliphatic carbocycles. The molecule has 7 heteroatoms. The lowest BCUT2D eigenvalue weighted by Gasteiger charge is -2.00. The maximum Gasteiger partial charge on any atom is 0.394 e. The Morgan fingerprint density at radius 1 is 0.850 bits per heavy atom. The van der Waals surface area contributed by atoms with E-state index in [0.29, 0.717) is 0 Å². The molecule has 2 N–H and O–H groups in total. The first-order valence-electron chi connectivity index (χ1n) is 5.51. The van der Waals surface area contributed by atoms with Crippen LogP contribution in [-0.4, -0.2) is 17.5 Å². The largest absolute Gasteiger partial charge is 0.394 e. The number of benzene rings is 2. The van der Waals surface area contributed by atoms with Crippen molar-refractivity contribution in [3.8, 4) is 11.1 Å². The van der Waals surface area contributed by atoms with Gasteiger partial charge in [0.2, 0.25) is 0 Å². The monoisotopic (exact) mass is 420 g/mol. The first-order valence-corrected chi connectivity index (χ1v) is 8.49. The summed E-state index contributed by atoms with van der Waals surface area (Å²) in [5.74, 6) is 0. The Morgan fingerprint density at radius 2 is 1.20 bits per heavy atom. The standard InChI is InChI=1S/C13H8Br2.H2O4S/c14-10-1-3-12-8(6-10)5-9-7-11(15)2-4-13(9)12;1-5(2,3)4/h1-4,6-7H,5H2;(H2,1,2,3,4). The summed E-state index contributed by atoms with van der Waals surface area (Å²) in [6.45, 7) is 0. The summed E-state index contributed by atoms with van der Waals surface area (Å²) in [6.07, 6.45) is 1.05. The maximum atomic E-state index is 8.74. The van der Waals surface area contributed by atoms with E-state index in [1.807, 2.05) is 0 Å². The molecule has 0 amide bonds. The van der Waals surface area contributed by atoms with Gasteiger partial charge in [-0.1, -0.05) is 44.0 Å². The molecule has 2 aromatic carbocycles. The van der Waals surface area contributed by atoms with Crippen molar-refractivity contribution >= 4 is 42.3 Å². The second kappa shape index (κ2) is 5.95. The van der Waals surface area contributed by atoms with Gasteiger partial charge in [-0.15, -0.1) is 0 Å². The Morgan fingerprint density at radius 3 is 1.55 bits per heavy atom. The van der Waals surface area contributed by atoms with Crippen molar-refractivity contribution in [3.63, 3.8) is 0 Å². The van der Waals surface area contributed by atoms with Gasteiger partial charge in [0.05, 0.1) is 0 Å². The molecular formula is C13H10Br2O4S. The van der Waals surface area contributed by atoms with Crippen LogP contribution in [0.25, 0.3) is 11.1 Å². The molecular weight excluding hydrogens is 412 g/mol. The van der Waals surface area contributed by atoms with Crippen molar-refractivity contribution < 1.29 is 17.5 Å². The smallest absolute Gasteiger partial charge is 0.264 e. The van der Waals surface area contributed by atoms with Gasteiger partial charge in [0.25, 0.3) is 0 Å². The van der Waals surface area contributed by atoms with Crippen molar-refractivity contribution in [2.45, 2.75) is 6.42 Å². The van der Waals surface area contributed by atoms with Crippen LogP contribution in [0.5, 0.6) is 0 Å². The van der Waals surface area contributed by atoms with E-state index in [1.54, 1.807) is 0 Å². The second-order valence-electron chi connectivity index (χ2n) is 4.23. The number of fused-ring (bicyclic) bond motifs is 3. The molecule has 3 rings (SSSR count). The highest BCUT2D eigenvalue weighted by molar-refractivity contribution is 9.10. The molecule has 0 unspecified atom stereocenters. The third-order valence-corrected chi connectivity index (χ3v) is 3.79. The number of hydrogen-bond donors (Lipinski definition) is 2. The summed E-state index contributed by atoms with van der Waals surface area (Å²) < 4.78 is 33.9. The Balaban J connectivity index is 0.000000257. The SMILES string of the molecule is Brc1ccc2c(c1)Cc1cc(Br)ccc1-2.O=S(=O)(O)O. The van der Waals surface area contributed by atoms with E-state index in [2.05, 4.69) is 68.3 Å². The molecule has 0 saturated heterocycles. The fraction of sp³-hybridized carbons (Fsp3) is 0.0769. The Bertz CT molecular complexity index is 699. The van der Waals surface area contributed by atoms with Gasteiger partial charge in [0.15, 0.2) is 0 Å². The summed E-state index contributed by atoms with van der Waals surface area (Å²) >= 11 is 7.03.